The van der Waals surface area contributed by atoms with Crippen molar-refractivity contribution in [1.82, 2.24) is 14.6 Å². The third-order valence-corrected chi connectivity index (χ3v) is 6.21. The van der Waals surface area contributed by atoms with Gasteiger partial charge in [-0.1, -0.05) is 23.8 Å². The summed E-state index contributed by atoms with van der Waals surface area (Å²) in [6.07, 6.45) is -0.677. The highest BCUT2D eigenvalue weighted by Gasteiger charge is 2.26. The Balaban J connectivity index is 1.53. The van der Waals surface area contributed by atoms with E-state index in [1.165, 1.54) is 12.1 Å². The summed E-state index contributed by atoms with van der Waals surface area (Å²) in [6, 6.07) is 10.7. The van der Waals surface area contributed by atoms with E-state index < -0.39 is 6.10 Å². The van der Waals surface area contributed by atoms with Gasteiger partial charge in [0, 0.05) is 25.3 Å². The lowest BCUT2D eigenvalue weighted by Crippen LogP contribution is -2.30. The number of carbonyl (C=O) groups is 1. The van der Waals surface area contributed by atoms with Gasteiger partial charge in [0.05, 0.1) is 11.7 Å². The summed E-state index contributed by atoms with van der Waals surface area (Å²) in [5.41, 5.74) is 4.07. The minimum atomic E-state index is -0.677. The Labute approximate surface area is 199 Å². The number of amides is 1. The van der Waals surface area contributed by atoms with Crippen molar-refractivity contribution in [3.05, 3.63) is 69.1 Å². The van der Waals surface area contributed by atoms with Crippen LogP contribution < -0.4 is 10.6 Å². The maximum Gasteiger partial charge on any atom is 0.256 e. The molecule has 0 aliphatic carbocycles. The average Bonchev–Trinajstić information content (AvgIpc) is 3.39. The molecule has 2 aromatic carbocycles. The molecule has 10 nitrogen and oxygen atoms in total. The van der Waals surface area contributed by atoms with Crippen LogP contribution in [0.2, 0.25) is 0 Å². The van der Waals surface area contributed by atoms with E-state index in [0.29, 0.717) is 23.8 Å². The van der Waals surface area contributed by atoms with Crippen molar-refractivity contribution < 1.29 is 15.0 Å². The van der Waals surface area contributed by atoms with Crippen molar-refractivity contribution in [2.24, 2.45) is 5.18 Å². The second kappa shape index (κ2) is 9.57. The van der Waals surface area contributed by atoms with Crippen molar-refractivity contribution in [3.8, 4) is 5.88 Å². The van der Waals surface area contributed by atoms with Gasteiger partial charge in [-0.3, -0.25) is 10.2 Å². The van der Waals surface area contributed by atoms with Gasteiger partial charge in [-0.25, -0.2) is 0 Å². The highest BCUT2D eigenvalue weighted by atomic mass is 32.1. The number of aliphatic hydroxyl groups is 1. The summed E-state index contributed by atoms with van der Waals surface area (Å²) in [5.74, 6) is -0.728. The van der Waals surface area contributed by atoms with Gasteiger partial charge in [0.1, 0.15) is 22.1 Å². The Hall–Kier alpha value is -3.83. The number of rotatable bonds is 7. The maximum absolute atomic E-state index is 13.1. The molecule has 0 fully saturated rings. The van der Waals surface area contributed by atoms with Gasteiger partial charge in [-0.05, 0) is 59.9 Å². The number of benzene rings is 2. The van der Waals surface area contributed by atoms with Crippen molar-refractivity contribution in [2.45, 2.75) is 33.0 Å². The van der Waals surface area contributed by atoms with E-state index in [1.54, 1.807) is 17.9 Å². The van der Waals surface area contributed by atoms with E-state index in [-0.39, 0.29) is 41.0 Å². The van der Waals surface area contributed by atoms with Crippen LogP contribution in [0.4, 0.5) is 16.4 Å². The van der Waals surface area contributed by atoms with Crippen LogP contribution in [-0.4, -0.2) is 43.9 Å². The SMILES string of the molecule is Cc1ccc2c(c1)CN(C(=O)c1ccc(Nc3snc(O)c3C(=N)NCC(C)O)cc1N=O)C2. The number of hydrogen-bond donors (Lipinski definition) is 5. The molecular weight excluding hydrogens is 456 g/mol. The maximum atomic E-state index is 13.1. The predicted octanol–water partition coefficient (Wildman–Crippen LogP) is 3.75. The zero-order valence-electron chi connectivity index (χ0n) is 18.6. The molecule has 0 saturated carbocycles. The molecule has 5 N–H and O–H groups in total. The molecule has 1 unspecified atom stereocenters. The van der Waals surface area contributed by atoms with Crippen LogP contribution in [0.3, 0.4) is 0 Å². The van der Waals surface area contributed by atoms with Crippen LogP contribution >= 0.6 is 11.5 Å². The van der Waals surface area contributed by atoms with Gasteiger partial charge >= 0.3 is 0 Å². The van der Waals surface area contributed by atoms with E-state index in [9.17, 15) is 19.9 Å². The molecule has 0 saturated heterocycles. The zero-order valence-corrected chi connectivity index (χ0v) is 19.4. The average molecular weight is 481 g/mol. The largest absolute Gasteiger partial charge is 0.492 e. The second-order valence-corrected chi connectivity index (χ2v) is 8.97. The first-order valence-electron chi connectivity index (χ1n) is 10.6. The van der Waals surface area contributed by atoms with Gasteiger partial charge < -0.3 is 25.7 Å². The number of nitrogens with one attached hydrogen (secondary N) is 3. The molecule has 0 radical (unpaired) electrons. The summed E-state index contributed by atoms with van der Waals surface area (Å²) in [7, 11) is 0. The fourth-order valence-electron chi connectivity index (χ4n) is 3.76. The highest BCUT2D eigenvalue weighted by molar-refractivity contribution is 7.11. The van der Waals surface area contributed by atoms with Crippen LogP contribution in [0.1, 0.15) is 39.5 Å². The summed E-state index contributed by atoms with van der Waals surface area (Å²) in [6.45, 7) is 4.65. The van der Waals surface area contributed by atoms with Crippen molar-refractivity contribution >= 4 is 39.7 Å². The molecule has 2 heterocycles. The molecule has 4 rings (SSSR count). The number of nitroso groups, excluding NO2 is 1. The number of hydrogen-bond acceptors (Lipinski definition) is 9. The minimum Gasteiger partial charge on any atom is -0.492 e. The molecule has 0 spiro atoms. The van der Waals surface area contributed by atoms with Crippen LogP contribution in [0.5, 0.6) is 5.88 Å². The molecule has 1 aliphatic heterocycles. The van der Waals surface area contributed by atoms with Gasteiger partial charge in [0.15, 0.2) is 0 Å². The highest BCUT2D eigenvalue weighted by Crippen LogP contribution is 2.35. The molecule has 1 amide bonds. The van der Waals surface area contributed by atoms with E-state index in [4.69, 9.17) is 5.41 Å². The minimum absolute atomic E-state index is 0.0141. The van der Waals surface area contributed by atoms with Gasteiger partial charge in [-0.2, -0.15) is 4.37 Å². The lowest BCUT2D eigenvalue weighted by atomic mass is 10.1. The molecule has 1 aromatic heterocycles. The molecule has 1 atom stereocenters. The lowest BCUT2D eigenvalue weighted by Gasteiger charge is -2.17. The summed E-state index contributed by atoms with van der Waals surface area (Å²) >= 11 is 0.934. The molecule has 176 valence electrons. The molecule has 3 aromatic rings. The van der Waals surface area contributed by atoms with Crippen LogP contribution in [-0.2, 0) is 13.1 Å². The van der Waals surface area contributed by atoms with Crippen molar-refractivity contribution in [1.29, 1.82) is 5.41 Å². The summed E-state index contributed by atoms with van der Waals surface area (Å²) < 4.78 is 3.87. The van der Waals surface area contributed by atoms with Crippen LogP contribution in [0, 0.1) is 17.2 Å². The third-order valence-electron chi connectivity index (χ3n) is 5.45. The molecule has 11 heteroatoms. The summed E-state index contributed by atoms with van der Waals surface area (Å²) in [4.78, 5) is 26.4. The Morgan fingerprint density at radius 1 is 1.26 bits per heavy atom. The Morgan fingerprint density at radius 3 is 2.76 bits per heavy atom. The predicted molar refractivity (Wildman–Crippen MR) is 130 cm³/mol. The topological polar surface area (TPSA) is 151 Å². The second-order valence-electron chi connectivity index (χ2n) is 8.20. The van der Waals surface area contributed by atoms with Crippen molar-refractivity contribution in [2.75, 3.05) is 11.9 Å². The van der Waals surface area contributed by atoms with E-state index >= 15 is 0 Å². The molecular formula is C23H24N6O4S. The molecule has 0 bridgehead atoms. The first-order chi connectivity index (χ1) is 16.3. The monoisotopic (exact) mass is 480 g/mol. The fourth-order valence-corrected chi connectivity index (χ4v) is 4.48. The van der Waals surface area contributed by atoms with Crippen molar-refractivity contribution in [3.63, 3.8) is 0 Å². The number of aromatic hydroxyl groups is 1. The number of nitrogens with zero attached hydrogens (tertiary/aromatic N) is 3. The Bertz CT molecular complexity index is 1270. The normalized spacial score (nSPS) is 13.3. The van der Waals surface area contributed by atoms with Crippen LogP contribution in [0.15, 0.2) is 41.6 Å². The fraction of sp³-hybridized carbons (Fsp3) is 0.261. The first kappa shape index (κ1) is 23.3. The lowest BCUT2D eigenvalue weighted by molar-refractivity contribution is 0.0752. The van der Waals surface area contributed by atoms with E-state index in [0.717, 1.165) is 28.2 Å². The third kappa shape index (κ3) is 4.75. The number of aliphatic hydroxyl groups excluding tert-OH is 1. The molecule has 34 heavy (non-hydrogen) atoms. The van der Waals surface area contributed by atoms with Crippen LogP contribution in [0.25, 0.3) is 0 Å². The smallest absolute Gasteiger partial charge is 0.256 e. The van der Waals surface area contributed by atoms with E-state index in [2.05, 4.69) is 26.3 Å². The standard InChI is InChI=1S/C23H24N6O4S/c1-12-3-4-14-10-29(11-15(14)7-12)23(32)17-6-5-16(8-18(17)27-33)26-22-19(21(31)28-34-22)20(24)25-9-13(2)30/h3-8,13,26,30H,9-11H2,1-2H3,(H2,24,25)(H,28,31). The quantitative estimate of drug-likeness (QED) is 0.196. The number of aromatic nitrogens is 1. The van der Waals surface area contributed by atoms with Gasteiger partial charge in [-0.15, -0.1) is 4.91 Å². The Kier molecular flexibility index (Phi) is 6.57. The Morgan fingerprint density at radius 2 is 2.03 bits per heavy atom. The first-order valence-corrected chi connectivity index (χ1v) is 11.4. The number of amidine groups is 1. The zero-order chi connectivity index (χ0) is 24.4. The van der Waals surface area contributed by atoms with Gasteiger partial charge in [0.2, 0.25) is 5.88 Å². The number of fused-ring (bicyclic) bond motifs is 1. The van der Waals surface area contributed by atoms with Gasteiger partial charge in [0.25, 0.3) is 5.91 Å². The molecule has 1 aliphatic rings. The van der Waals surface area contributed by atoms with E-state index in [1.807, 2.05) is 19.1 Å². The number of aryl methyl sites for hydroxylation is 1. The number of carbonyl (C=O) groups excluding carboxylic acids is 1. The number of anilines is 2. The summed E-state index contributed by atoms with van der Waals surface area (Å²) in [5, 5.41) is 36.8.